The van der Waals surface area contributed by atoms with Gasteiger partial charge in [-0.15, -0.1) is 0 Å². The van der Waals surface area contributed by atoms with Crippen molar-refractivity contribution in [3.63, 3.8) is 0 Å². The fraction of sp³-hybridized carbons (Fsp3) is 0.296. The van der Waals surface area contributed by atoms with Crippen molar-refractivity contribution in [1.29, 1.82) is 0 Å². The van der Waals surface area contributed by atoms with E-state index in [4.69, 9.17) is 0 Å². The molecule has 1 fully saturated rings. The van der Waals surface area contributed by atoms with E-state index in [0.29, 0.717) is 29.3 Å². The quantitative estimate of drug-likeness (QED) is 0.341. The molecule has 1 aromatic heterocycles. The van der Waals surface area contributed by atoms with Gasteiger partial charge in [0.2, 0.25) is 11.8 Å². The highest BCUT2D eigenvalue weighted by Crippen LogP contribution is 2.40. The van der Waals surface area contributed by atoms with Gasteiger partial charge in [0, 0.05) is 36.0 Å². The normalized spacial score (nSPS) is 14.6. The highest BCUT2D eigenvalue weighted by atomic mass is 19.4. The molecular weight excluding hydrogens is 483 g/mol. The molecule has 1 atom stereocenters. The van der Waals surface area contributed by atoms with Gasteiger partial charge >= 0.3 is 6.18 Å². The number of hydrogen-bond acceptors (Lipinski definition) is 4. The minimum atomic E-state index is -4.80. The van der Waals surface area contributed by atoms with Crippen molar-refractivity contribution in [3.8, 4) is 11.1 Å². The van der Waals surface area contributed by atoms with Gasteiger partial charge in [-0.2, -0.15) is 18.3 Å². The predicted molar refractivity (Wildman–Crippen MR) is 136 cm³/mol. The summed E-state index contributed by atoms with van der Waals surface area (Å²) in [6.45, 7) is 0.628. The molecule has 0 spiro atoms. The molecule has 0 radical (unpaired) electrons. The highest BCUT2D eigenvalue weighted by Gasteiger charge is 2.46. The molecular formula is C27H28F3N5O2. The number of benzene rings is 2. The molecule has 4 rings (SSSR count). The third-order valence-corrected chi connectivity index (χ3v) is 5.90. The van der Waals surface area contributed by atoms with Gasteiger partial charge in [0.05, 0.1) is 0 Å². The Morgan fingerprint density at radius 1 is 1.08 bits per heavy atom. The van der Waals surface area contributed by atoms with Crippen LogP contribution in [0.1, 0.15) is 35.9 Å². The number of alkyl halides is 3. The summed E-state index contributed by atoms with van der Waals surface area (Å²) in [6.07, 6.45) is 0.367. The smallest absolute Gasteiger partial charge is 0.323 e. The molecule has 194 valence electrons. The second-order valence-corrected chi connectivity index (χ2v) is 9.30. The molecule has 1 heterocycles. The fourth-order valence-corrected chi connectivity index (χ4v) is 3.89. The number of hydrogen-bond donors (Lipinski definition) is 3. The van der Waals surface area contributed by atoms with Crippen molar-refractivity contribution in [1.82, 2.24) is 15.1 Å². The third kappa shape index (κ3) is 7.07. The predicted octanol–water partition coefficient (Wildman–Crippen LogP) is 5.30. The number of likely N-dealkylation sites (N-methyl/N-ethyl adjacent to an activating group) is 1. The maximum atomic E-state index is 14.0. The summed E-state index contributed by atoms with van der Waals surface area (Å²) in [5, 5.41) is 11.8. The van der Waals surface area contributed by atoms with Gasteiger partial charge in [-0.05, 0) is 55.8 Å². The van der Waals surface area contributed by atoms with Crippen LogP contribution in [0.25, 0.3) is 11.1 Å². The molecule has 2 aromatic carbocycles. The molecule has 1 aliphatic carbocycles. The monoisotopic (exact) mass is 511 g/mol. The first-order chi connectivity index (χ1) is 17.6. The van der Waals surface area contributed by atoms with Crippen LogP contribution < -0.4 is 10.6 Å². The number of anilines is 2. The van der Waals surface area contributed by atoms with Crippen LogP contribution in [0.5, 0.6) is 0 Å². The summed E-state index contributed by atoms with van der Waals surface area (Å²) in [6, 6.07) is 14.1. The van der Waals surface area contributed by atoms with E-state index in [-0.39, 0.29) is 17.3 Å². The zero-order chi connectivity index (χ0) is 26.6. The number of amides is 2. The first-order valence-corrected chi connectivity index (χ1v) is 11.9. The van der Waals surface area contributed by atoms with Crippen LogP contribution in [-0.4, -0.2) is 53.7 Å². The number of halogens is 3. The molecule has 0 saturated heterocycles. The third-order valence-electron chi connectivity index (χ3n) is 5.90. The molecule has 2 amide bonds. The largest absolute Gasteiger partial charge is 0.404 e. The van der Waals surface area contributed by atoms with Gasteiger partial charge in [0.25, 0.3) is 0 Å². The van der Waals surface area contributed by atoms with Crippen molar-refractivity contribution < 1.29 is 22.8 Å². The molecule has 3 aromatic rings. The first kappa shape index (κ1) is 26.2. The summed E-state index contributed by atoms with van der Waals surface area (Å²) >= 11 is 0. The standard InChI is InChI=1S/C27H28F3N5O2/c1-35(2)14-4-7-24(36)31-21-12-10-17(11-13-21)19-5-3-6-20(15-19)25(27(28,29)30)26(37)32-23-16-22(33-34-23)18-8-9-18/h3-7,10-13,15-16,18,25H,8-9,14H2,1-2H3,(H,31,36)(H2,32,33,34,37)/b7-4+. The maximum Gasteiger partial charge on any atom is 0.404 e. The minimum absolute atomic E-state index is 0.0755. The van der Waals surface area contributed by atoms with E-state index < -0.39 is 18.0 Å². The number of nitrogens with one attached hydrogen (secondary N) is 3. The Labute approximate surface area is 212 Å². The van der Waals surface area contributed by atoms with Crippen molar-refractivity contribution in [2.45, 2.75) is 30.9 Å². The topological polar surface area (TPSA) is 90.1 Å². The minimum Gasteiger partial charge on any atom is -0.323 e. The molecule has 7 nitrogen and oxygen atoms in total. The van der Waals surface area contributed by atoms with Crippen LogP contribution >= 0.6 is 0 Å². The highest BCUT2D eigenvalue weighted by molar-refractivity contribution is 5.99. The summed E-state index contributed by atoms with van der Waals surface area (Å²) in [7, 11) is 3.78. The Kier molecular flexibility index (Phi) is 7.77. The van der Waals surface area contributed by atoms with Gasteiger partial charge in [-0.3, -0.25) is 14.7 Å². The lowest BCUT2D eigenvalue weighted by atomic mass is 9.93. The number of carbonyl (C=O) groups is 2. The summed E-state index contributed by atoms with van der Waals surface area (Å²) in [4.78, 5) is 26.7. The van der Waals surface area contributed by atoms with Crippen LogP contribution in [-0.2, 0) is 9.59 Å². The van der Waals surface area contributed by atoms with E-state index in [2.05, 4.69) is 20.8 Å². The Hall–Kier alpha value is -3.92. The average Bonchev–Trinajstić information content (AvgIpc) is 3.57. The Bertz CT molecular complexity index is 1280. The number of H-pyrrole nitrogens is 1. The molecule has 1 unspecified atom stereocenters. The van der Waals surface area contributed by atoms with E-state index in [0.717, 1.165) is 18.5 Å². The second kappa shape index (κ2) is 11.0. The van der Waals surface area contributed by atoms with Crippen molar-refractivity contribution >= 4 is 23.3 Å². The van der Waals surface area contributed by atoms with Crippen molar-refractivity contribution in [3.05, 3.63) is 78.0 Å². The van der Waals surface area contributed by atoms with Crippen molar-refractivity contribution in [2.75, 3.05) is 31.3 Å². The fourth-order valence-electron chi connectivity index (χ4n) is 3.89. The van der Waals surface area contributed by atoms with E-state index in [1.54, 1.807) is 42.5 Å². The van der Waals surface area contributed by atoms with Crippen molar-refractivity contribution in [2.24, 2.45) is 0 Å². The van der Waals surface area contributed by atoms with Gasteiger partial charge in [-0.1, -0.05) is 42.5 Å². The molecule has 10 heteroatoms. The van der Waals surface area contributed by atoms with Crippen LogP contribution in [0.15, 0.2) is 66.7 Å². The Morgan fingerprint density at radius 2 is 1.81 bits per heavy atom. The van der Waals surface area contributed by atoms with Gasteiger partial charge in [0.1, 0.15) is 0 Å². The summed E-state index contributed by atoms with van der Waals surface area (Å²) in [5.74, 6) is -3.43. The molecule has 1 saturated carbocycles. The van der Waals surface area contributed by atoms with Crippen LogP contribution in [0, 0.1) is 0 Å². The summed E-state index contributed by atoms with van der Waals surface area (Å²) < 4.78 is 42.0. The Balaban J connectivity index is 1.48. The second-order valence-electron chi connectivity index (χ2n) is 9.30. The van der Waals surface area contributed by atoms with Crippen LogP contribution in [0.3, 0.4) is 0 Å². The maximum absolute atomic E-state index is 14.0. The zero-order valence-electron chi connectivity index (χ0n) is 20.5. The van der Waals surface area contributed by atoms with Crippen LogP contribution in [0.2, 0.25) is 0 Å². The van der Waals surface area contributed by atoms with E-state index >= 15 is 0 Å². The molecule has 3 N–H and O–H groups in total. The van der Waals surface area contributed by atoms with Gasteiger partial charge < -0.3 is 15.5 Å². The van der Waals surface area contributed by atoms with E-state index in [1.165, 1.54) is 24.3 Å². The lowest BCUT2D eigenvalue weighted by Gasteiger charge is -2.20. The Morgan fingerprint density at radius 3 is 2.46 bits per heavy atom. The zero-order valence-corrected chi connectivity index (χ0v) is 20.5. The average molecular weight is 512 g/mol. The summed E-state index contributed by atoms with van der Waals surface area (Å²) in [5.41, 5.74) is 2.34. The number of nitrogens with zero attached hydrogens (tertiary/aromatic N) is 2. The van der Waals surface area contributed by atoms with E-state index in [1.807, 2.05) is 19.0 Å². The first-order valence-electron chi connectivity index (χ1n) is 11.9. The van der Waals surface area contributed by atoms with Crippen LogP contribution in [0.4, 0.5) is 24.7 Å². The molecule has 37 heavy (non-hydrogen) atoms. The van der Waals surface area contributed by atoms with E-state index in [9.17, 15) is 22.8 Å². The van der Waals surface area contributed by atoms with Gasteiger partial charge in [-0.25, -0.2) is 0 Å². The molecule has 0 bridgehead atoms. The lowest BCUT2D eigenvalue weighted by Crippen LogP contribution is -2.33. The lowest BCUT2D eigenvalue weighted by molar-refractivity contribution is -0.161. The SMILES string of the molecule is CN(C)C/C=C/C(=O)Nc1ccc(-c2cccc(C(C(=O)Nc3cc(C4CC4)[nH]n3)C(F)(F)F)c2)cc1. The number of aromatic amines is 1. The number of aromatic nitrogens is 2. The van der Waals surface area contributed by atoms with Gasteiger partial charge in [0.15, 0.2) is 11.7 Å². The number of rotatable bonds is 9. The molecule has 0 aliphatic heterocycles. The number of carbonyl (C=O) groups excluding carboxylic acids is 2. The molecule has 1 aliphatic rings.